The third-order valence-corrected chi connectivity index (χ3v) is 2.69. The fourth-order valence-electron chi connectivity index (χ4n) is 0.996. The highest BCUT2D eigenvalue weighted by Gasteiger charge is 2.15. The van der Waals surface area contributed by atoms with Crippen LogP contribution in [-0.2, 0) is 0 Å². The molecule has 0 saturated carbocycles. The van der Waals surface area contributed by atoms with Gasteiger partial charge in [-0.1, -0.05) is 0 Å². The molecule has 0 radical (unpaired) electrons. The smallest absolute Gasteiger partial charge is 0.327 e. The Morgan fingerprint density at radius 2 is 2.45 bits per heavy atom. The minimum Gasteiger partial charge on any atom is -0.338 e. The second kappa shape index (κ2) is 4.49. The lowest BCUT2D eigenvalue weighted by atomic mass is 10.3. The second-order valence-electron chi connectivity index (χ2n) is 2.48. The van der Waals surface area contributed by atoms with E-state index in [4.69, 9.17) is 0 Å². The van der Waals surface area contributed by atoms with Gasteiger partial charge in [0.05, 0.1) is 0 Å². The van der Waals surface area contributed by atoms with Gasteiger partial charge in [-0.15, -0.1) is 0 Å². The minimum atomic E-state index is 0.0669. The summed E-state index contributed by atoms with van der Waals surface area (Å²) in [6.45, 7) is 3.55. The Morgan fingerprint density at radius 1 is 1.64 bits per heavy atom. The van der Waals surface area contributed by atoms with Gasteiger partial charge >= 0.3 is 6.03 Å². The van der Waals surface area contributed by atoms with Crippen LogP contribution in [-0.4, -0.2) is 29.2 Å². The fourth-order valence-corrected chi connectivity index (χ4v) is 1.99. The van der Waals surface area contributed by atoms with Crippen LogP contribution in [0.1, 0.15) is 19.8 Å². The quantitative estimate of drug-likeness (QED) is 0.610. The average molecular weight is 174 g/mol. The van der Waals surface area contributed by atoms with Crippen molar-refractivity contribution in [3.05, 3.63) is 0 Å². The Labute approximate surface area is 71.7 Å². The van der Waals surface area contributed by atoms with Crippen LogP contribution >= 0.6 is 11.9 Å². The lowest BCUT2D eigenvalue weighted by Gasteiger charge is -2.24. The van der Waals surface area contributed by atoms with E-state index in [2.05, 4.69) is 5.32 Å². The molecule has 0 aromatic heterocycles. The third-order valence-electron chi connectivity index (χ3n) is 1.56. The molecule has 0 aromatic carbocycles. The van der Waals surface area contributed by atoms with E-state index >= 15 is 0 Å². The van der Waals surface area contributed by atoms with Gasteiger partial charge in [0.15, 0.2) is 0 Å². The highest BCUT2D eigenvalue weighted by atomic mass is 32.2. The summed E-state index contributed by atoms with van der Waals surface area (Å²) in [5, 5.41) is 2.78. The van der Waals surface area contributed by atoms with Crippen LogP contribution in [0.4, 0.5) is 4.79 Å². The highest BCUT2D eigenvalue weighted by Crippen LogP contribution is 2.18. The Kier molecular flexibility index (Phi) is 3.56. The average Bonchev–Trinajstić information content (AvgIpc) is 2.07. The Bertz CT molecular complexity index is 134. The predicted octanol–water partition coefficient (Wildman–Crippen LogP) is 1.46. The van der Waals surface area contributed by atoms with E-state index in [1.54, 1.807) is 11.9 Å². The summed E-state index contributed by atoms with van der Waals surface area (Å²) in [5.74, 6) is 1.08. The summed E-state index contributed by atoms with van der Waals surface area (Å²) in [6, 6.07) is 0.0669. The molecule has 3 nitrogen and oxygen atoms in total. The van der Waals surface area contributed by atoms with Crippen LogP contribution < -0.4 is 5.32 Å². The van der Waals surface area contributed by atoms with Crippen LogP contribution in [0.2, 0.25) is 0 Å². The number of carbonyl (C=O) groups excluding carboxylic acids is 1. The zero-order valence-electron chi connectivity index (χ0n) is 6.80. The van der Waals surface area contributed by atoms with Crippen LogP contribution in [0.5, 0.6) is 0 Å². The molecule has 64 valence electrons. The molecule has 0 bridgehead atoms. The van der Waals surface area contributed by atoms with Gasteiger partial charge in [-0.25, -0.2) is 4.79 Å². The number of rotatable bonds is 1. The maximum atomic E-state index is 11.2. The molecule has 0 atom stereocenters. The van der Waals surface area contributed by atoms with E-state index in [-0.39, 0.29) is 6.03 Å². The van der Waals surface area contributed by atoms with Gasteiger partial charge in [0.1, 0.15) is 0 Å². The van der Waals surface area contributed by atoms with Crippen LogP contribution in [0, 0.1) is 0 Å². The molecule has 0 unspecified atom stereocenters. The van der Waals surface area contributed by atoms with Crippen molar-refractivity contribution in [1.82, 2.24) is 9.62 Å². The van der Waals surface area contributed by atoms with E-state index in [9.17, 15) is 4.79 Å². The fraction of sp³-hybridized carbons (Fsp3) is 0.857. The van der Waals surface area contributed by atoms with E-state index in [0.29, 0.717) is 0 Å². The minimum absolute atomic E-state index is 0.0669. The van der Waals surface area contributed by atoms with E-state index < -0.39 is 0 Å². The van der Waals surface area contributed by atoms with E-state index in [1.807, 2.05) is 11.2 Å². The molecule has 1 heterocycles. The monoisotopic (exact) mass is 174 g/mol. The summed E-state index contributed by atoms with van der Waals surface area (Å²) in [5.41, 5.74) is 0. The molecule has 1 saturated heterocycles. The number of nitrogens with zero attached hydrogens (tertiary/aromatic N) is 1. The zero-order valence-corrected chi connectivity index (χ0v) is 7.62. The molecule has 4 heteroatoms. The van der Waals surface area contributed by atoms with Crippen molar-refractivity contribution in [2.45, 2.75) is 19.8 Å². The summed E-state index contributed by atoms with van der Waals surface area (Å²) < 4.78 is 1.81. The van der Waals surface area contributed by atoms with Gasteiger partial charge in [-0.3, -0.25) is 4.31 Å². The first kappa shape index (κ1) is 8.71. The van der Waals surface area contributed by atoms with E-state index in [0.717, 1.165) is 25.3 Å². The van der Waals surface area contributed by atoms with Crippen LogP contribution in [0.25, 0.3) is 0 Å². The van der Waals surface area contributed by atoms with Crippen molar-refractivity contribution in [3.8, 4) is 0 Å². The van der Waals surface area contributed by atoms with Gasteiger partial charge in [-0.05, 0) is 31.7 Å². The summed E-state index contributed by atoms with van der Waals surface area (Å²) in [6.07, 6.45) is 2.38. The van der Waals surface area contributed by atoms with Crippen molar-refractivity contribution >= 4 is 18.0 Å². The van der Waals surface area contributed by atoms with Crippen LogP contribution in [0.15, 0.2) is 0 Å². The van der Waals surface area contributed by atoms with Crippen molar-refractivity contribution in [3.63, 3.8) is 0 Å². The van der Waals surface area contributed by atoms with Crippen molar-refractivity contribution in [2.75, 3.05) is 18.8 Å². The van der Waals surface area contributed by atoms with Gasteiger partial charge in [-0.2, -0.15) is 0 Å². The number of amides is 2. The standard InChI is InChI=1S/C7H14N2OS/c1-2-8-7(10)9-5-3-4-6-11-9/h2-6H2,1H3,(H,8,10). The molecule has 1 fully saturated rings. The first-order valence-corrected chi connectivity index (χ1v) is 4.97. The molecule has 0 aromatic rings. The summed E-state index contributed by atoms with van der Waals surface area (Å²) in [4.78, 5) is 11.2. The Hall–Kier alpha value is -0.380. The first-order chi connectivity index (χ1) is 5.34. The molecule has 11 heavy (non-hydrogen) atoms. The van der Waals surface area contributed by atoms with Crippen molar-refractivity contribution in [1.29, 1.82) is 0 Å². The molecule has 2 amide bonds. The van der Waals surface area contributed by atoms with Gasteiger partial charge in [0.2, 0.25) is 0 Å². The normalized spacial score (nSPS) is 18.1. The van der Waals surface area contributed by atoms with Gasteiger partial charge in [0.25, 0.3) is 0 Å². The number of hydrogen-bond donors (Lipinski definition) is 1. The molecule has 1 aliphatic rings. The maximum Gasteiger partial charge on any atom is 0.327 e. The Balaban J connectivity index is 2.27. The molecule has 1 N–H and O–H groups in total. The van der Waals surface area contributed by atoms with Crippen LogP contribution in [0.3, 0.4) is 0 Å². The highest BCUT2D eigenvalue weighted by molar-refractivity contribution is 7.97. The van der Waals surface area contributed by atoms with Crippen molar-refractivity contribution in [2.24, 2.45) is 0 Å². The SMILES string of the molecule is CCNC(=O)N1CCCCS1. The number of nitrogens with one attached hydrogen (secondary N) is 1. The van der Waals surface area contributed by atoms with Crippen molar-refractivity contribution < 1.29 is 4.79 Å². The first-order valence-electron chi connectivity index (χ1n) is 4.03. The van der Waals surface area contributed by atoms with E-state index in [1.165, 1.54) is 6.42 Å². The molecule has 1 aliphatic heterocycles. The molecule has 1 rings (SSSR count). The summed E-state index contributed by atoms with van der Waals surface area (Å²) in [7, 11) is 0. The molecular formula is C7H14N2OS. The third kappa shape index (κ3) is 2.61. The Morgan fingerprint density at radius 3 is 3.00 bits per heavy atom. The molecular weight excluding hydrogens is 160 g/mol. The second-order valence-corrected chi connectivity index (χ2v) is 3.59. The lowest BCUT2D eigenvalue weighted by molar-refractivity contribution is 0.225. The number of carbonyl (C=O) groups is 1. The maximum absolute atomic E-state index is 11.2. The zero-order chi connectivity index (χ0) is 8.10. The molecule has 0 aliphatic carbocycles. The lowest BCUT2D eigenvalue weighted by Crippen LogP contribution is -2.37. The number of hydrogen-bond acceptors (Lipinski definition) is 2. The summed E-state index contributed by atoms with van der Waals surface area (Å²) >= 11 is 1.63. The molecule has 0 spiro atoms. The predicted molar refractivity (Wildman–Crippen MR) is 47.5 cm³/mol. The van der Waals surface area contributed by atoms with Gasteiger partial charge in [0, 0.05) is 18.8 Å². The topological polar surface area (TPSA) is 32.3 Å². The number of urea groups is 1. The largest absolute Gasteiger partial charge is 0.338 e. The van der Waals surface area contributed by atoms with Gasteiger partial charge < -0.3 is 5.32 Å².